The highest BCUT2D eigenvalue weighted by atomic mass is 79.9. The van der Waals surface area contributed by atoms with E-state index >= 15 is 0 Å². The normalized spacial score (nSPS) is 10.7. The molecule has 2 aromatic rings. The Morgan fingerprint density at radius 1 is 1.33 bits per heavy atom. The van der Waals surface area contributed by atoms with Crippen LogP contribution < -0.4 is 0 Å². The number of aryl methyl sites for hydroxylation is 2. The molecule has 0 aliphatic heterocycles. The Bertz CT molecular complexity index is 507. The molecule has 2 rings (SSSR count). The van der Waals surface area contributed by atoms with Crippen LogP contribution in [0.2, 0.25) is 5.02 Å². The predicted molar refractivity (Wildman–Crippen MR) is 69.7 cm³/mol. The monoisotopic (exact) mass is 301 g/mol. The van der Waals surface area contributed by atoms with Gasteiger partial charge in [-0.1, -0.05) is 23.7 Å². The van der Waals surface area contributed by atoms with Crippen LogP contribution in [0.25, 0.3) is 11.3 Å². The zero-order valence-electron chi connectivity index (χ0n) is 8.34. The number of nitrogens with zero attached hydrogens (tertiary/aromatic N) is 1. The Kier molecular flexibility index (Phi) is 3.14. The summed E-state index contributed by atoms with van der Waals surface area (Å²) in [4.78, 5) is 5.60. The molecule has 0 N–H and O–H groups in total. The molecule has 0 saturated heterocycles. The third kappa shape index (κ3) is 2.25. The molecule has 0 aliphatic rings. The van der Waals surface area contributed by atoms with Crippen molar-refractivity contribution in [3.05, 3.63) is 37.6 Å². The highest BCUT2D eigenvalue weighted by molar-refractivity contribution is 9.11. The highest BCUT2D eigenvalue weighted by Crippen LogP contribution is 2.34. The minimum absolute atomic E-state index is 0.760. The van der Waals surface area contributed by atoms with Crippen LogP contribution in [0.15, 0.2) is 22.1 Å². The van der Waals surface area contributed by atoms with E-state index in [1.165, 1.54) is 4.88 Å². The molecule has 0 bridgehead atoms. The van der Waals surface area contributed by atoms with Crippen molar-refractivity contribution in [2.45, 2.75) is 13.8 Å². The van der Waals surface area contributed by atoms with E-state index in [1.807, 2.05) is 32.0 Å². The van der Waals surface area contributed by atoms with Crippen LogP contribution in [0.5, 0.6) is 0 Å². The van der Waals surface area contributed by atoms with Gasteiger partial charge in [0.1, 0.15) is 0 Å². The molecule has 4 heteroatoms. The molecule has 0 spiro atoms. The first-order valence-corrected chi connectivity index (χ1v) is 6.46. The summed E-state index contributed by atoms with van der Waals surface area (Å²) in [5.74, 6) is 0. The van der Waals surface area contributed by atoms with Crippen molar-refractivity contribution in [3.63, 3.8) is 0 Å². The summed E-state index contributed by atoms with van der Waals surface area (Å²) in [7, 11) is 0. The van der Waals surface area contributed by atoms with Gasteiger partial charge in [-0.15, -0.1) is 11.3 Å². The van der Waals surface area contributed by atoms with E-state index < -0.39 is 0 Å². The Hall–Kier alpha value is -0.380. The Balaban J connectivity index is 2.59. The van der Waals surface area contributed by atoms with E-state index in [2.05, 4.69) is 20.9 Å². The van der Waals surface area contributed by atoms with Gasteiger partial charge in [-0.05, 0) is 41.4 Å². The van der Waals surface area contributed by atoms with Crippen molar-refractivity contribution in [2.24, 2.45) is 0 Å². The minimum Gasteiger partial charge on any atom is -0.229 e. The summed E-state index contributed by atoms with van der Waals surface area (Å²) < 4.78 is 0.895. The van der Waals surface area contributed by atoms with Crippen molar-refractivity contribution < 1.29 is 0 Å². The Labute approximate surface area is 106 Å². The molecule has 15 heavy (non-hydrogen) atoms. The minimum atomic E-state index is 0.760. The lowest BCUT2D eigenvalue weighted by molar-refractivity contribution is 1.34. The average Bonchev–Trinajstić information content (AvgIpc) is 2.45. The summed E-state index contributed by atoms with van der Waals surface area (Å²) in [5.41, 5.74) is 3.13. The molecular formula is C11H9BrClNS. The van der Waals surface area contributed by atoms with Gasteiger partial charge in [-0.3, -0.25) is 0 Å². The fraction of sp³-hybridized carbons (Fsp3) is 0.182. The maximum absolute atomic E-state index is 6.19. The largest absolute Gasteiger partial charge is 0.229 e. The molecule has 1 heterocycles. The van der Waals surface area contributed by atoms with Crippen LogP contribution in [-0.4, -0.2) is 4.98 Å². The summed E-state index contributed by atoms with van der Waals surface area (Å²) in [6.45, 7) is 4.08. The van der Waals surface area contributed by atoms with Gasteiger partial charge in [0.25, 0.3) is 0 Å². The van der Waals surface area contributed by atoms with Crippen molar-refractivity contribution >= 4 is 38.9 Å². The van der Waals surface area contributed by atoms with E-state index in [-0.39, 0.29) is 0 Å². The lowest BCUT2D eigenvalue weighted by atomic mass is 10.1. The van der Waals surface area contributed by atoms with Crippen molar-refractivity contribution in [1.82, 2.24) is 4.98 Å². The molecule has 1 aromatic heterocycles. The van der Waals surface area contributed by atoms with Crippen molar-refractivity contribution in [3.8, 4) is 11.3 Å². The SMILES string of the molecule is Cc1ccc(-c2nc(Br)sc2C)c(Cl)c1. The molecular weight excluding hydrogens is 294 g/mol. The first-order chi connectivity index (χ1) is 7.08. The quantitative estimate of drug-likeness (QED) is 0.734. The number of hydrogen-bond donors (Lipinski definition) is 0. The molecule has 1 nitrogen and oxygen atoms in total. The number of aromatic nitrogens is 1. The van der Waals surface area contributed by atoms with Crippen molar-refractivity contribution in [2.75, 3.05) is 0 Å². The first kappa shape index (κ1) is 11.1. The number of halogens is 2. The molecule has 0 aliphatic carbocycles. The van der Waals surface area contributed by atoms with E-state index in [4.69, 9.17) is 11.6 Å². The second kappa shape index (κ2) is 4.24. The van der Waals surface area contributed by atoms with E-state index in [9.17, 15) is 0 Å². The summed E-state index contributed by atoms with van der Waals surface area (Å²) in [6.07, 6.45) is 0. The molecule has 78 valence electrons. The average molecular weight is 303 g/mol. The number of hydrogen-bond acceptors (Lipinski definition) is 2. The van der Waals surface area contributed by atoms with Crippen molar-refractivity contribution in [1.29, 1.82) is 0 Å². The van der Waals surface area contributed by atoms with Gasteiger partial charge in [0, 0.05) is 10.4 Å². The van der Waals surface area contributed by atoms with Crippen LogP contribution in [0.1, 0.15) is 10.4 Å². The molecule has 0 radical (unpaired) electrons. The fourth-order valence-electron chi connectivity index (χ4n) is 1.43. The lowest BCUT2D eigenvalue weighted by Gasteiger charge is -2.03. The molecule has 1 aromatic carbocycles. The van der Waals surface area contributed by atoms with Gasteiger partial charge in [-0.25, -0.2) is 4.98 Å². The number of rotatable bonds is 1. The van der Waals surface area contributed by atoms with Crippen LogP contribution in [0.3, 0.4) is 0 Å². The summed E-state index contributed by atoms with van der Waals surface area (Å²) in [6, 6.07) is 6.03. The highest BCUT2D eigenvalue weighted by Gasteiger charge is 2.11. The Morgan fingerprint density at radius 2 is 2.07 bits per heavy atom. The maximum atomic E-state index is 6.19. The van der Waals surface area contributed by atoms with Gasteiger partial charge in [0.2, 0.25) is 0 Å². The predicted octanol–water partition coefficient (Wildman–Crippen LogP) is 4.84. The topological polar surface area (TPSA) is 12.9 Å². The fourth-order valence-corrected chi connectivity index (χ4v) is 3.30. The van der Waals surface area contributed by atoms with Gasteiger partial charge in [0.05, 0.1) is 10.7 Å². The first-order valence-electron chi connectivity index (χ1n) is 4.47. The van der Waals surface area contributed by atoms with E-state index in [0.717, 1.165) is 25.8 Å². The Morgan fingerprint density at radius 3 is 2.60 bits per heavy atom. The second-order valence-corrected chi connectivity index (χ2v) is 6.24. The molecule has 0 unspecified atom stereocenters. The summed E-state index contributed by atoms with van der Waals surface area (Å²) >= 11 is 11.2. The second-order valence-electron chi connectivity index (χ2n) is 3.35. The van der Waals surface area contributed by atoms with E-state index in [1.54, 1.807) is 11.3 Å². The molecule has 0 fully saturated rings. The van der Waals surface area contributed by atoms with Gasteiger partial charge in [0.15, 0.2) is 3.92 Å². The third-order valence-electron chi connectivity index (χ3n) is 2.15. The van der Waals surface area contributed by atoms with Gasteiger partial charge >= 0.3 is 0 Å². The number of thiazole rings is 1. The van der Waals surface area contributed by atoms with Crippen LogP contribution in [0, 0.1) is 13.8 Å². The van der Waals surface area contributed by atoms with Gasteiger partial charge in [-0.2, -0.15) is 0 Å². The zero-order chi connectivity index (χ0) is 11.0. The lowest BCUT2D eigenvalue weighted by Crippen LogP contribution is -1.83. The third-order valence-corrected chi connectivity index (χ3v) is 3.89. The van der Waals surface area contributed by atoms with Crippen LogP contribution in [-0.2, 0) is 0 Å². The zero-order valence-corrected chi connectivity index (χ0v) is 11.5. The van der Waals surface area contributed by atoms with Crippen LogP contribution in [0.4, 0.5) is 0 Å². The van der Waals surface area contributed by atoms with E-state index in [0.29, 0.717) is 0 Å². The smallest absolute Gasteiger partial charge is 0.160 e. The summed E-state index contributed by atoms with van der Waals surface area (Å²) in [5, 5.41) is 0.760. The molecule has 0 amide bonds. The molecule has 0 atom stereocenters. The molecule has 0 saturated carbocycles. The van der Waals surface area contributed by atoms with Crippen LogP contribution >= 0.6 is 38.9 Å². The maximum Gasteiger partial charge on any atom is 0.160 e. The standard InChI is InChI=1S/C11H9BrClNS/c1-6-3-4-8(9(13)5-6)10-7(2)15-11(12)14-10/h3-5H,1-2H3. The number of benzene rings is 1. The van der Waals surface area contributed by atoms with Gasteiger partial charge < -0.3 is 0 Å².